The molecule has 0 spiro atoms. The number of aliphatic hydroxyl groups excluding tert-OH is 1. The standard InChI is InChI=1S/C23H48FN5O/c1-9-21(23(24)19(4)18(3)12-15-28(7)20(5)30)22(29(8)16-14-25-6)11-13-27-17-26-10-2/h14,16,18,20-23,25-27,30H,4,9-13,15,17H2,1-3,5-8H3/b16-14-/t18-,20+,21-,22?,23-/m0/s1. The van der Waals surface area contributed by atoms with Gasteiger partial charge in [-0.05, 0) is 57.8 Å². The summed E-state index contributed by atoms with van der Waals surface area (Å²) >= 11 is 0. The van der Waals surface area contributed by atoms with E-state index in [2.05, 4.69) is 41.3 Å². The summed E-state index contributed by atoms with van der Waals surface area (Å²) in [5.41, 5.74) is 0.664. The fraction of sp³-hybridized carbons (Fsp3) is 0.826. The van der Waals surface area contributed by atoms with Gasteiger partial charge in [-0.15, -0.1) is 0 Å². The highest BCUT2D eigenvalue weighted by Crippen LogP contribution is 2.31. The van der Waals surface area contributed by atoms with Gasteiger partial charge in [0.1, 0.15) is 12.4 Å². The highest BCUT2D eigenvalue weighted by Gasteiger charge is 2.33. The number of allylic oxidation sites excluding steroid dienone is 1. The van der Waals surface area contributed by atoms with E-state index >= 15 is 4.39 Å². The second kappa shape index (κ2) is 16.5. The zero-order valence-corrected chi connectivity index (χ0v) is 20.4. The van der Waals surface area contributed by atoms with Gasteiger partial charge in [0.25, 0.3) is 0 Å². The van der Waals surface area contributed by atoms with Crippen LogP contribution in [0.5, 0.6) is 0 Å². The number of alkyl halides is 1. The molecule has 0 aromatic heterocycles. The van der Waals surface area contributed by atoms with Crippen molar-refractivity contribution in [3.8, 4) is 0 Å². The molecule has 0 aromatic carbocycles. The normalized spacial score (nSPS) is 17.0. The third-order valence-electron chi connectivity index (χ3n) is 6.00. The van der Waals surface area contributed by atoms with Gasteiger partial charge in [0, 0.05) is 51.7 Å². The zero-order chi connectivity index (χ0) is 23.1. The van der Waals surface area contributed by atoms with Gasteiger partial charge in [-0.3, -0.25) is 4.90 Å². The molecule has 0 aromatic rings. The minimum Gasteiger partial charge on any atom is -0.393 e. The smallest absolute Gasteiger partial charge is 0.126 e. The van der Waals surface area contributed by atoms with Crippen LogP contribution in [-0.4, -0.2) is 80.8 Å². The van der Waals surface area contributed by atoms with Gasteiger partial charge in [0.05, 0.1) is 0 Å². The summed E-state index contributed by atoms with van der Waals surface area (Å²) < 4.78 is 15.7. The first-order valence-electron chi connectivity index (χ1n) is 11.4. The van der Waals surface area contributed by atoms with Crippen molar-refractivity contribution in [2.24, 2.45) is 11.8 Å². The molecule has 5 atom stereocenters. The number of nitrogens with one attached hydrogen (secondary N) is 3. The molecule has 0 saturated carbocycles. The van der Waals surface area contributed by atoms with E-state index in [1.165, 1.54) is 0 Å². The fourth-order valence-corrected chi connectivity index (χ4v) is 3.56. The Balaban J connectivity index is 5.15. The van der Waals surface area contributed by atoms with Crippen LogP contribution in [-0.2, 0) is 0 Å². The average molecular weight is 430 g/mol. The van der Waals surface area contributed by atoms with Gasteiger partial charge < -0.3 is 26.0 Å². The lowest BCUT2D eigenvalue weighted by Gasteiger charge is -2.37. The molecule has 0 aliphatic rings. The summed E-state index contributed by atoms with van der Waals surface area (Å²) in [4.78, 5) is 3.98. The number of aliphatic hydroxyl groups is 1. The fourth-order valence-electron chi connectivity index (χ4n) is 3.56. The molecule has 0 bridgehead atoms. The van der Waals surface area contributed by atoms with Gasteiger partial charge in [-0.2, -0.15) is 0 Å². The molecule has 0 radical (unpaired) electrons. The lowest BCUT2D eigenvalue weighted by molar-refractivity contribution is 0.0354. The van der Waals surface area contributed by atoms with Crippen LogP contribution in [0.15, 0.2) is 24.6 Å². The summed E-state index contributed by atoms with van der Waals surface area (Å²) in [5.74, 6) is -0.0807. The Morgan fingerprint density at radius 1 is 1.17 bits per heavy atom. The quantitative estimate of drug-likeness (QED) is 0.153. The van der Waals surface area contributed by atoms with Gasteiger partial charge >= 0.3 is 0 Å². The Hall–Kier alpha value is -1.15. The molecule has 4 N–H and O–H groups in total. The van der Waals surface area contributed by atoms with Crippen LogP contribution >= 0.6 is 0 Å². The molecule has 6 nitrogen and oxygen atoms in total. The molecule has 0 amide bonds. The molecule has 0 aliphatic heterocycles. The predicted octanol–water partition coefficient (Wildman–Crippen LogP) is 2.74. The van der Waals surface area contributed by atoms with E-state index in [1.807, 2.05) is 45.4 Å². The van der Waals surface area contributed by atoms with Crippen molar-refractivity contribution in [3.63, 3.8) is 0 Å². The number of rotatable bonds is 18. The number of hydrogen-bond donors (Lipinski definition) is 4. The lowest BCUT2D eigenvalue weighted by atomic mass is 9.81. The number of hydrogen-bond acceptors (Lipinski definition) is 6. The van der Waals surface area contributed by atoms with Crippen molar-refractivity contribution in [1.29, 1.82) is 0 Å². The van der Waals surface area contributed by atoms with E-state index in [0.29, 0.717) is 12.1 Å². The summed E-state index contributed by atoms with van der Waals surface area (Å²) in [7, 11) is 5.75. The van der Waals surface area contributed by atoms with Crippen LogP contribution < -0.4 is 16.0 Å². The molecule has 0 saturated heterocycles. The third-order valence-corrected chi connectivity index (χ3v) is 6.00. The number of nitrogens with zero attached hydrogens (tertiary/aromatic N) is 2. The second-order valence-electron chi connectivity index (χ2n) is 8.26. The van der Waals surface area contributed by atoms with Gasteiger partial charge in [-0.1, -0.05) is 27.4 Å². The summed E-state index contributed by atoms with van der Waals surface area (Å²) in [6, 6.07) is 0.0628. The minimum atomic E-state index is -1.06. The summed E-state index contributed by atoms with van der Waals surface area (Å²) in [6.45, 7) is 15.3. The van der Waals surface area contributed by atoms with Gasteiger partial charge in [0.15, 0.2) is 0 Å². The summed E-state index contributed by atoms with van der Waals surface area (Å²) in [5, 5.41) is 19.3. The van der Waals surface area contributed by atoms with Crippen molar-refractivity contribution in [3.05, 3.63) is 24.6 Å². The molecular formula is C23H48FN5O. The average Bonchev–Trinajstić information content (AvgIpc) is 2.73. The highest BCUT2D eigenvalue weighted by atomic mass is 19.1. The van der Waals surface area contributed by atoms with E-state index < -0.39 is 12.4 Å². The Labute approximate surface area is 185 Å². The molecule has 1 unspecified atom stereocenters. The first-order valence-corrected chi connectivity index (χ1v) is 11.4. The lowest BCUT2D eigenvalue weighted by Crippen LogP contribution is -2.43. The van der Waals surface area contributed by atoms with Crippen molar-refractivity contribution in [2.75, 3.05) is 47.4 Å². The van der Waals surface area contributed by atoms with Crippen LogP contribution in [0.3, 0.4) is 0 Å². The van der Waals surface area contributed by atoms with Crippen LogP contribution in [0.2, 0.25) is 0 Å². The molecule has 178 valence electrons. The SMILES string of the molecule is C=C([C@@H](C)CCN(C)[C@@H](C)O)[C@H](F)[C@@H](CC)C(CCNCNCC)N(C)/C=C\NC. The van der Waals surface area contributed by atoms with Crippen molar-refractivity contribution in [1.82, 2.24) is 25.8 Å². The number of halogens is 1. The topological polar surface area (TPSA) is 62.8 Å². The van der Waals surface area contributed by atoms with Crippen LogP contribution in [0.25, 0.3) is 0 Å². The maximum absolute atomic E-state index is 15.7. The Kier molecular flexibility index (Phi) is 15.9. The highest BCUT2D eigenvalue weighted by molar-refractivity contribution is 5.10. The monoisotopic (exact) mass is 429 g/mol. The molecule has 0 aliphatic carbocycles. The Morgan fingerprint density at radius 3 is 2.37 bits per heavy atom. The van der Waals surface area contributed by atoms with E-state index in [9.17, 15) is 5.11 Å². The van der Waals surface area contributed by atoms with Crippen LogP contribution in [0, 0.1) is 11.8 Å². The second-order valence-corrected chi connectivity index (χ2v) is 8.26. The first-order chi connectivity index (χ1) is 14.2. The molecule has 7 heteroatoms. The Bertz CT molecular complexity index is 475. The van der Waals surface area contributed by atoms with Crippen LogP contribution in [0.4, 0.5) is 4.39 Å². The maximum Gasteiger partial charge on any atom is 0.126 e. The van der Waals surface area contributed by atoms with Crippen LogP contribution in [0.1, 0.15) is 47.0 Å². The maximum atomic E-state index is 15.7. The molecule has 0 rings (SSSR count). The van der Waals surface area contributed by atoms with E-state index in [1.54, 1.807) is 6.92 Å². The van der Waals surface area contributed by atoms with Crippen molar-refractivity contribution >= 4 is 0 Å². The molecule has 0 heterocycles. The predicted molar refractivity (Wildman–Crippen MR) is 127 cm³/mol. The first kappa shape index (κ1) is 28.9. The third kappa shape index (κ3) is 10.8. The minimum absolute atomic E-state index is 0.0564. The van der Waals surface area contributed by atoms with E-state index in [4.69, 9.17) is 0 Å². The summed E-state index contributed by atoms with van der Waals surface area (Å²) in [6.07, 6.45) is 4.67. The largest absolute Gasteiger partial charge is 0.393 e. The van der Waals surface area contributed by atoms with Gasteiger partial charge in [-0.25, -0.2) is 4.39 Å². The van der Waals surface area contributed by atoms with Gasteiger partial charge in [0.2, 0.25) is 0 Å². The molecule has 0 fully saturated rings. The molecular weight excluding hydrogens is 381 g/mol. The van der Waals surface area contributed by atoms with Crippen molar-refractivity contribution in [2.45, 2.75) is 65.4 Å². The molecule has 30 heavy (non-hydrogen) atoms. The van der Waals surface area contributed by atoms with E-state index in [0.717, 1.165) is 39.0 Å². The Morgan fingerprint density at radius 2 is 1.83 bits per heavy atom. The van der Waals surface area contributed by atoms with E-state index in [-0.39, 0.29) is 17.9 Å². The zero-order valence-electron chi connectivity index (χ0n) is 20.4. The van der Waals surface area contributed by atoms with Crippen molar-refractivity contribution < 1.29 is 9.50 Å².